The maximum atomic E-state index is 11.9. The van der Waals surface area contributed by atoms with Gasteiger partial charge in [-0.05, 0) is 44.2 Å². The smallest absolute Gasteiger partial charge is 0.311 e. The highest BCUT2D eigenvalue weighted by molar-refractivity contribution is 7.10. The molecule has 2 rings (SSSR count). The molecule has 5 heteroatoms. The van der Waals surface area contributed by atoms with Crippen LogP contribution in [0.3, 0.4) is 0 Å². The molecule has 0 spiro atoms. The molecular weight excluding hydrogens is 258 g/mol. The zero-order chi connectivity index (χ0) is 11.9. The average Bonchev–Trinajstić information content (AvgIpc) is 2.66. The monoisotopic (exact) mass is 275 g/mol. The molecule has 1 aromatic heterocycles. The van der Waals surface area contributed by atoms with Crippen molar-refractivity contribution in [3.8, 4) is 0 Å². The first-order chi connectivity index (χ1) is 7.38. The molecule has 0 saturated carbocycles. The van der Waals surface area contributed by atoms with Crippen LogP contribution in [0.4, 0.5) is 0 Å². The average molecular weight is 276 g/mol. The summed E-state index contributed by atoms with van der Waals surface area (Å²) in [7, 11) is 0. The van der Waals surface area contributed by atoms with Crippen LogP contribution in [0.25, 0.3) is 0 Å². The zero-order valence-electron chi connectivity index (χ0n) is 10.2. The molecule has 0 fully saturated rings. The molecule has 2 N–H and O–H groups in total. The van der Waals surface area contributed by atoms with Crippen LogP contribution in [0.15, 0.2) is 11.4 Å². The molecule has 0 amide bonds. The Morgan fingerprint density at radius 1 is 1.53 bits per heavy atom. The van der Waals surface area contributed by atoms with E-state index in [9.17, 15) is 4.79 Å². The molecule has 17 heavy (non-hydrogen) atoms. The van der Waals surface area contributed by atoms with Gasteiger partial charge < -0.3 is 10.5 Å². The summed E-state index contributed by atoms with van der Waals surface area (Å²) in [5.74, 6) is -0.384. The van der Waals surface area contributed by atoms with Crippen LogP contribution in [-0.4, -0.2) is 11.6 Å². The normalized spacial score (nSPS) is 22.8. The highest BCUT2D eigenvalue weighted by Gasteiger charge is 2.38. The third kappa shape index (κ3) is 3.00. The Balaban J connectivity index is 0.00000144. The Morgan fingerprint density at radius 3 is 2.71 bits per heavy atom. The molecule has 1 aliphatic carbocycles. The summed E-state index contributed by atoms with van der Waals surface area (Å²) in [6.45, 7) is 5.63. The van der Waals surface area contributed by atoms with E-state index in [0.29, 0.717) is 0 Å². The van der Waals surface area contributed by atoms with E-state index in [-0.39, 0.29) is 30.3 Å². The van der Waals surface area contributed by atoms with E-state index in [1.165, 1.54) is 5.56 Å². The number of carbonyl (C=O) groups is 1. The quantitative estimate of drug-likeness (QED) is 0.802. The topological polar surface area (TPSA) is 52.3 Å². The highest BCUT2D eigenvalue weighted by atomic mass is 35.5. The molecule has 0 radical (unpaired) electrons. The lowest BCUT2D eigenvalue weighted by atomic mass is 10.0. The molecular formula is C12H18ClNO2S. The number of rotatable bonds is 1. The van der Waals surface area contributed by atoms with Crippen molar-refractivity contribution in [2.75, 3.05) is 0 Å². The molecule has 0 aliphatic heterocycles. The fourth-order valence-electron chi connectivity index (χ4n) is 1.96. The van der Waals surface area contributed by atoms with E-state index < -0.39 is 5.60 Å². The second-order valence-corrected chi connectivity index (χ2v) is 6.13. The summed E-state index contributed by atoms with van der Waals surface area (Å²) >= 11 is 1.63. The van der Waals surface area contributed by atoms with Gasteiger partial charge in [0.15, 0.2) is 0 Å². The minimum atomic E-state index is -0.438. The lowest BCUT2D eigenvalue weighted by Gasteiger charge is -2.23. The maximum Gasteiger partial charge on any atom is 0.311 e. The van der Waals surface area contributed by atoms with Gasteiger partial charge in [0.25, 0.3) is 0 Å². The van der Waals surface area contributed by atoms with Crippen LogP contribution in [0.5, 0.6) is 0 Å². The van der Waals surface area contributed by atoms with Gasteiger partial charge in [0.1, 0.15) is 5.60 Å². The highest BCUT2D eigenvalue weighted by Crippen LogP contribution is 2.39. The van der Waals surface area contributed by atoms with Crippen LogP contribution >= 0.6 is 23.7 Å². The second kappa shape index (κ2) is 4.96. The van der Waals surface area contributed by atoms with E-state index in [0.717, 1.165) is 11.3 Å². The van der Waals surface area contributed by atoms with Crippen LogP contribution in [0, 0.1) is 5.92 Å². The minimum Gasteiger partial charge on any atom is -0.460 e. The van der Waals surface area contributed by atoms with Crippen molar-refractivity contribution in [1.82, 2.24) is 0 Å². The molecule has 1 heterocycles. The first-order valence-corrected chi connectivity index (χ1v) is 6.31. The number of fused-ring (bicyclic) bond motifs is 1. The van der Waals surface area contributed by atoms with E-state index in [1.807, 2.05) is 32.2 Å². The fourth-order valence-corrected chi connectivity index (χ4v) is 2.97. The number of hydrogen-bond acceptors (Lipinski definition) is 4. The minimum absolute atomic E-state index is 0. The summed E-state index contributed by atoms with van der Waals surface area (Å²) in [5.41, 5.74) is 6.83. The van der Waals surface area contributed by atoms with Crippen molar-refractivity contribution in [3.63, 3.8) is 0 Å². The summed E-state index contributed by atoms with van der Waals surface area (Å²) in [6, 6.07) is 1.86. The van der Waals surface area contributed by atoms with E-state index in [2.05, 4.69) is 0 Å². The molecule has 0 bridgehead atoms. The number of carbonyl (C=O) groups excluding carboxylic acids is 1. The fraction of sp³-hybridized carbons (Fsp3) is 0.583. The van der Waals surface area contributed by atoms with Gasteiger partial charge in [-0.15, -0.1) is 23.7 Å². The predicted molar refractivity (Wildman–Crippen MR) is 71.5 cm³/mol. The number of halogens is 1. The van der Waals surface area contributed by atoms with Gasteiger partial charge in [0.05, 0.1) is 12.0 Å². The Labute approximate surface area is 112 Å². The Kier molecular flexibility index (Phi) is 4.23. The summed E-state index contributed by atoms with van der Waals surface area (Å²) in [6.07, 6.45) is 0.717. The molecule has 0 unspecified atom stereocenters. The Bertz CT molecular complexity index is 411. The van der Waals surface area contributed by atoms with E-state index >= 15 is 0 Å². The molecule has 2 atom stereocenters. The molecule has 96 valence electrons. The SMILES string of the molecule is CC(C)(C)OC(=O)[C@@H]1Cc2ccsc2[C@H]1N.Cl. The molecule has 1 aromatic rings. The number of ether oxygens (including phenoxy) is 1. The molecule has 3 nitrogen and oxygen atoms in total. The van der Waals surface area contributed by atoms with Crippen molar-refractivity contribution in [2.45, 2.75) is 38.8 Å². The van der Waals surface area contributed by atoms with E-state index in [1.54, 1.807) is 11.3 Å². The van der Waals surface area contributed by atoms with Gasteiger partial charge in [-0.2, -0.15) is 0 Å². The third-order valence-electron chi connectivity index (χ3n) is 2.67. The van der Waals surface area contributed by atoms with Crippen molar-refractivity contribution < 1.29 is 9.53 Å². The van der Waals surface area contributed by atoms with Crippen molar-refractivity contribution >= 4 is 29.7 Å². The number of esters is 1. The zero-order valence-corrected chi connectivity index (χ0v) is 11.9. The summed E-state index contributed by atoms with van der Waals surface area (Å²) in [5, 5.41) is 2.02. The van der Waals surface area contributed by atoms with Crippen molar-refractivity contribution in [1.29, 1.82) is 0 Å². The predicted octanol–water partition coefficient (Wildman–Crippen LogP) is 2.68. The van der Waals surface area contributed by atoms with Gasteiger partial charge in [-0.3, -0.25) is 4.79 Å². The number of hydrogen-bond donors (Lipinski definition) is 1. The van der Waals surface area contributed by atoms with Crippen molar-refractivity contribution in [3.05, 3.63) is 21.9 Å². The summed E-state index contributed by atoms with van der Waals surface area (Å²) < 4.78 is 5.38. The van der Waals surface area contributed by atoms with Gasteiger partial charge in [-0.1, -0.05) is 0 Å². The third-order valence-corrected chi connectivity index (χ3v) is 3.73. The van der Waals surface area contributed by atoms with Crippen LogP contribution in [-0.2, 0) is 16.0 Å². The standard InChI is InChI=1S/C12H17NO2S.ClH/c1-12(2,3)15-11(14)8-6-7-4-5-16-10(7)9(8)13;/h4-5,8-9H,6,13H2,1-3H3;1H/t8-,9+;/m1./s1. The van der Waals surface area contributed by atoms with Gasteiger partial charge in [0, 0.05) is 4.88 Å². The lowest BCUT2D eigenvalue weighted by molar-refractivity contribution is -0.160. The van der Waals surface area contributed by atoms with Crippen molar-refractivity contribution in [2.24, 2.45) is 11.7 Å². The lowest BCUT2D eigenvalue weighted by Crippen LogP contribution is -2.32. The maximum absolute atomic E-state index is 11.9. The van der Waals surface area contributed by atoms with Crippen LogP contribution in [0.2, 0.25) is 0 Å². The Morgan fingerprint density at radius 2 is 2.18 bits per heavy atom. The van der Waals surface area contributed by atoms with Crippen LogP contribution in [0.1, 0.15) is 37.3 Å². The largest absolute Gasteiger partial charge is 0.460 e. The molecule has 0 saturated heterocycles. The summed E-state index contributed by atoms with van der Waals surface area (Å²) in [4.78, 5) is 13.1. The molecule has 1 aliphatic rings. The van der Waals surface area contributed by atoms with Gasteiger partial charge in [0.2, 0.25) is 0 Å². The van der Waals surface area contributed by atoms with E-state index in [4.69, 9.17) is 10.5 Å². The number of nitrogens with two attached hydrogens (primary N) is 1. The van der Waals surface area contributed by atoms with Crippen LogP contribution < -0.4 is 5.73 Å². The van der Waals surface area contributed by atoms with Gasteiger partial charge in [-0.25, -0.2) is 0 Å². The number of thiophene rings is 1. The van der Waals surface area contributed by atoms with Gasteiger partial charge >= 0.3 is 5.97 Å². The Hall–Kier alpha value is -0.580. The first kappa shape index (κ1) is 14.5. The second-order valence-electron chi connectivity index (χ2n) is 5.18. The first-order valence-electron chi connectivity index (χ1n) is 5.43. The molecule has 0 aromatic carbocycles.